The Bertz CT molecular complexity index is 832. The molecule has 1 saturated heterocycles. The van der Waals surface area contributed by atoms with Gasteiger partial charge in [0.05, 0.1) is 25.0 Å². The molecule has 3 rings (SSSR count). The van der Waals surface area contributed by atoms with Crippen molar-refractivity contribution in [3.63, 3.8) is 0 Å². The third-order valence-corrected chi connectivity index (χ3v) is 6.48. The summed E-state index contributed by atoms with van der Waals surface area (Å²) >= 11 is 1.52. The highest BCUT2D eigenvalue weighted by molar-refractivity contribution is 7.93. The number of nitrogens with one attached hydrogen (secondary N) is 1. The van der Waals surface area contributed by atoms with E-state index in [0.717, 1.165) is 4.88 Å². The van der Waals surface area contributed by atoms with Crippen LogP contribution in [0.2, 0.25) is 0 Å². The van der Waals surface area contributed by atoms with Gasteiger partial charge in [-0.3, -0.25) is 9.10 Å². The van der Waals surface area contributed by atoms with Gasteiger partial charge in [0.25, 0.3) is 0 Å². The summed E-state index contributed by atoms with van der Waals surface area (Å²) in [5.74, 6) is 0.458. The molecule has 128 valence electrons. The van der Waals surface area contributed by atoms with E-state index in [2.05, 4.69) is 5.32 Å². The normalized spacial score (nSPS) is 16.1. The van der Waals surface area contributed by atoms with Gasteiger partial charge in [-0.05, 0) is 36.1 Å². The molecular formula is C16H18N2O4S2. The Morgan fingerprint density at radius 2 is 2.21 bits per heavy atom. The lowest BCUT2D eigenvalue weighted by Gasteiger charge is -2.20. The number of methoxy groups -OCH3 is 1. The van der Waals surface area contributed by atoms with Gasteiger partial charge < -0.3 is 10.1 Å². The summed E-state index contributed by atoms with van der Waals surface area (Å²) < 4.78 is 30.9. The molecule has 0 radical (unpaired) electrons. The maximum Gasteiger partial charge on any atom is 0.235 e. The number of hydrogen-bond donors (Lipinski definition) is 1. The van der Waals surface area contributed by atoms with Crippen LogP contribution in [-0.2, 0) is 21.2 Å². The third kappa shape index (κ3) is 3.54. The van der Waals surface area contributed by atoms with Crippen LogP contribution in [0.5, 0.6) is 5.75 Å². The van der Waals surface area contributed by atoms with E-state index < -0.39 is 10.0 Å². The molecule has 0 atom stereocenters. The van der Waals surface area contributed by atoms with Crippen LogP contribution in [0, 0.1) is 0 Å². The first kappa shape index (κ1) is 16.8. The van der Waals surface area contributed by atoms with Gasteiger partial charge in [-0.25, -0.2) is 8.42 Å². The van der Waals surface area contributed by atoms with Crippen LogP contribution in [0.25, 0.3) is 0 Å². The Balaban J connectivity index is 1.82. The lowest BCUT2D eigenvalue weighted by atomic mass is 10.2. The minimum atomic E-state index is -3.32. The Morgan fingerprint density at radius 3 is 2.83 bits per heavy atom. The van der Waals surface area contributed by atoms with Crippen LogP contribution in [0.4, 0.5) is 11.4 Å². The lowest BCUT2D eigenvalue weighted by Crippen LogP contribution is -2.25. The summed E-state index contributed by atoms with van der Waals surface area (Å²) in [5, 5.41) is 4.74. The van der Waals surface area contributed by atoms with Crippen LogP contribution in [0.3, 0.4) is 0 Å². The van der Waals surface area contributed by atoms with Crippen LogP contribution in [0.15, 0.2) is 35.7 Å². The average Bonchev–Trinajstić information content (AvgIpc) is 3.16. The first-order chi connectivity index (χ1) is 11.5. The second-order valence-electron chi connectivity index (χ2n) is 5.43. The highest BCUT2D eigenvalue weighted by Crippen LogP contribution is 2.35. The van der Waals surface area contributed by atoms with Gasteiger partial charge in [-0.1, -0.05) is 6.07 Å². The van der Waals surface area contributed by atoms with E-state index in [1.54, 1.807) is 18.2 Å². The maximum absolute atomic E-state index is 12.2. The molecule has 1 aliphatic heterocycles. The molecule has 1 N–H and O–H groups in total. The molecule has 1 aliphatic rings. The molecule has 0 aliphatic carbocycles. The quantitative estimate of drug-likeness (QED) is 0.882. The fraction of sp³-hybridized carbons (Fsp3) is 0.312. The van der Waals surface area contributed by atoms with Crippen LogP contribution in [0.1, 0.15) is 11.3 Å². The van der Waals surface area contributed by atoms with Gasteiger partial charge in [-0.15, -0.1) is 11.3 Å². The monoisotopic (exact) mass is 366 g/mol. The van der Waals surface area contributed by atoms with Crippen LogP contribution in [-0.4, -0.2) is 33.7 Å². The Kier molecular flexibility index (Phi) is 4.77. The Morgan fingerprint density at radius 1 is 1.38 bits per heavy atom. The van der Waals surface area contributed by atoms with Gasteiger partial charge in [0.1, 0.15) is 5.75 Å². The Hall–Kier alpha value is -2.06. The SMILES string of the molecule is COc1ccc(NC(=O)Cc2cccs2)cc1N1CCCS1(=O)=O. The number of carbonyl (C=O) groups is 1. The number of carbonyl (C=O) groups excluding carboxylic acids is 1. The number of hydrogen-bond acceptors (Lipinski definition) is 5. The molecule has 0 bridgehead atoms. The zero-order valence-electron chi connectivity index (χ0n) is 13.2. The zero-order valence-corrected chi connectivity index (χ0v) is 14.8. The number of thiophene rings is 1. The molecular weight excluding hydrogens is 348 g/mol. The third-order valence-electron chi connectivity index (χ3n) is 3.75. The summed E-state index contributed by atoms with van der Waals surface area (Å²) in [6, 6.07) is 8.83. The summed E-state index contributed by atoms with van der Waals surface area (Å²) in [7, 11) is -1.82. The van der Waals surface area contributed by atoms with E-state index in [9.17, 15) is 13.2 Å². The van der Waals surface area contributed by atoms with Crippen LogP contribution >= 0.6 is 11.3 Å². The molecule has 0 spiro atoms. The molecule has 8 heteroatoms. The number of rotatable bonds is 5. The van der Waals surface area contributed by atoms with Crippen molar-refractivity contribution in [1.82, 2.24) is 0 Å². The van der Waals surface area contributed by atoms with Gasteiger partial charge in [0, 0.05) is 17.1 Å². The van der Waals surface area contributed by atoms with E-state index >= 15 is 0 Å². The molecule has 1 amide bonds. The van der Waals surface area contributed by atoms with Gasteiger partial charge in [0.2, 0.25) is 15.9 Å². The summed E-state index contributed by atoms with van der Waals surface area (Å²) in [4.78, 5) is 13.1. The van der Waals surface area contributed by atoms with E-state index in [1.165, 1.54) is 22.8 Å². The largest absolute Gasteiger partial charge is 0.495 e. The molecule has 1 fully saturated rings. The lowest BCUT2D eigenvalue weighted by molar-refractivity contribution is -0.115. The molecule has 1 aromatic carbocycles. The highest BCUT2D eigenvalue weighted by Gasteiger charge is 2.30. The molecule has 2 aromatic rings. The highest BCUT2D eigenvalue weighted by atomic mass is 32.2. The molecule has 0 saturated carbocycles. The Labute approximate surface area is 145 Å². The number of sulfonamides is 1. The standard InChI is InChI=1S/C16H18N2O4S2/c1-22-15-6-5-12(17-16(19)11-13-4-2-8-23-13)10-14(15)18-7-3-9-24(18,20)21/h2,4-6,8,10H,3,7,9,11H2,1H3,(H,17,19). The van der Waals surface area contributed by atoms with Crippen molar-refractivity contribution in [3.8, 4) is 5.75 Å². The predicted molar refractivity (Wildman–Crippen MR) is 95.4 cm³/mol. The van der Waals surface area contributed by atoms with Gasteiger partial charge >= 0.3 is 0 Å². The molecule has 6 nitrogen and oxygen atoms in total. The predicted octanol–water partition coefficient (Wildman–Crippen LogP) is 2.48. The number of amides is 1. The molecule has 24 heavy (non-hydrogen) atoms. The molecule has 0 unspecified atom stereocenters. The minimum Gasteiger partial charge on any atom is -0.495 e. The first-order valence-electron chi connectivity index (χ1n) is 7.50. The van der Waals surface area contributed by atoms with E-state index in [0.29, 0.717) is 36.5 Å². The topological polar surface area (TPSA) is 75.7 Å². The summed E-state index contributed by atoms with van der Waals surface area (Å²) in [6.45, 7) is 0.422. The molecule has 1 aromatic heterocycles. The van der Waals surface area contributed by atoms with Crippen molar-refractivity contribution in [2.24, 2.45) is 0 Å². The van der Waals surface area contributed by atoms with E-state index in [1.807, 2.05) is 17.5 Å². The van der Waals surface area contributed by atoms with Crippen molar-refractivity contribution in [1.29, 1.82) is 0 Å². The average molecular weight is 366 g/mol. The van der Waals surface area contributed by atoms with Crippen molar-refractivity contribution < 1.29 is 17.9 Å². The fourth-order valence-electron chi connectivity index (χ4n) is 2.65. The van der Waals surface area contributed by atoms with Crippen molar-refractivity contribution in [2.45, 2.75) is 12.8 Å². The van der Waals surface area contributed by atoms with Crippen molar-refractivity contribution in [2.75, 3.05) is 29.0 Å². The van der Waals surface area contributed by atoms with E-state index in [-0.39, 0.29) is 11.7 Å². The number of anilines is 2. The van der Waals surface area contributed by atoms with E-state index in [4.69, 9.17) is 4.74 Å². The zero-order chi connectivity index (χ0) is 17.2. The van der Waals surface area contributed by atoms with Gasteiger partial charge in [0.15, 0.2) is 0 Å². The maximum atomic E-state index is 12.2. The summed E-state index contributed by atoms with van der Waals surface area (Å²) in [6.07, 6.45) is 0.876. The second-order valence-corrected chi connectivity index (χ2v) is 8.48. The minimum absolute atomic E-state index is 0.130. The second kappa shape index (κ2) is 6.82. The number of benzene rings is 1. The van der Waals surface area contributed by atoms with Crippen LogP contribution < -0.4 is 14.4 Å². The van der Waals surface area contributed by atoms with Gasteiger partial charge in [-0.2, -0.15) is 0 Å². The number of ether oxygens (including phenoxy) is 1. The van der Waals surface area contributed by atoms with Crippen molar-refractivity contribution >= 4 is 38.6 Å². The summed E-state index contributed by atoms with van der Waals surface area (Å²) in [5.41, 5.74) is 1.01. The molecule has 2 heterocycles. The first-order valence-corrected chi connectivity index (χ1v) is 9.99. The smallest absolute Gasteiger partial charge is 0.235 e. The fourth-order valence-corrected chi connectivity index (χ4v) is 4.92. The number of nitrogens with zero attached hydrogens (tertiary/aromatic N) is 1. The van der Waals surface area contributed by atoms with Crippen molar-refractivity contribution in [3.05, 3.63) is 40.6 Å².